The molecule has 2 aliphatic rings. The van der Waals surface area contributed by atoms with E-state index >= 15 is 0 Å². The SMILES string of the molecule is COC(=O)C1=C(C)NC2=C(C(=O)CCC2)[C@H]1c1cn(Cc2ccc(Br)cc2)nc1-c1ccccc1. The molecule has 0 spiro atoms. The maximum absolute atomic E-state index is 13.2. The van der Waals surface area contributed by atoms with Gasteiger partial charge in [-0.3, -0.25) is 9.48 Å². The van der Waals surface area contributed by atoms with Crippen molar-refractivity contribution in [2.45, 2.75) is 38.6 Å². The summed E-state index contributed by atoms with van der Waals surface area (Å²) in [6.45, 7) is 2.44. The lowest BCUT2D eigenvalue weighted by atomic mass is 9.75. The van der Waals surface area contributed by atoms with Crippen LogP contribution in [0.4, 0.5) is 0 Å². The molecule has 0 radical (unpaired) electrons. The van der Waals surface area contributed by atoms with Crippen LogP contribution in [0.1, 0.15) is 43.2 Å². The monoisotopic (exact) mass is 531 g/mol. The number of benzene rings is 2. The van der Waals surface area contributed by atoms with Crippen molar-refractivity contribution in [3.05, 3.63) is 98.9 Å². The number of aromatic nitrogens is 2. The lowest BCUT2D eigenvalue weighted by Crippen LogP contribution is -2.34. The highest BCUT2D eigenvalue weighted by molar-refractivity contribution is 9.10. The summed E-state index contributed by atoms with van der Waals surface area (Å²) in [7, 11) is 1.38. The smallest absolute Gasteiger partial charge is 0.336 e. The molecule has 35 heavy (non-hydrogen) atoms. The summed E-state index contributed by atoms with van der Waals surface area (Å²) in [4.78, 5) is 26.3. The number of esters is 1. The Kier molecular flexibility index (Phi) is 6.43. The van der Waals surface area contributed by atoms with Crippen molar-refractivity contribution in [2.75, 3.05) is 7.11 Å². The minimum Gasteiger partial charge on any atom is -0.466 e. The molecule has 0 saturated heterocycles. The van der Waals surface area contributed by atoms with E-state index in [1.54, 1.807) is 0 Å². The minimum atomic E-state index is -0.541. The van der Waals surface area contributed by atoms with Gasteiger partial charge >= 0.3 is 5.97 Å². The molecule has 2 aromatic carbocycles. The first-order valence-electron chi connectivity index (χ1n) is 11.7. The first-order chi connectivity index (χ1) is 17.0. The number of rotatable bonds is 5. The Hall–Kier alpha value is -3.45. The summed E-state index contributed by atoms with van der Waals surface area (Å²) in [5, 5.41) is 8.29. The Balaban J connectivity index is 1.70. The summed E-state index contributed by atoms with van der Waals surface area (Å²) in [5.41, 5.74) is 6.35. The number of hydrogen-bond donors (Lipinski definition) is 1. The molecule has 3 aromatic rings. The van der Waals surface area contributed by atoms with Gasteiger partial charge in [0.15, 0.2) is 5.78 Å². The number of nitrogens with zero attached hydrogens (tertiary/aromatic N) is 2. The molecule has 0 bridgehead atoms. The Morgan fingerprint density at radius 3 is 2.60 bits per heavy atom. The van der Waals surface area contributed by atoms with E-state index in [9.17, 15) is 9.59 Å². The normalized spacial score (nSPS) is 17.8. The van der Waals surface area contributed by atoms with Crippen LogP contribution >= 0.6 is 15.9 Å². The van der Waals surface area contributed by atoms with Gasteiger partial charge in [-0.15, -0.1) is 0 Å². The Bertz CT molecular complexity index is 1350. The number of allylic oxidation sites excluding steroid dienone is 3. The summed E-state index contributed by atoms with van der Waals surface area (Å²) >= 11 is 3.49. The van der Waals surface area contributed by atoms with Gasteiger partial charge in [0, 0.05) is 45.2 Å². The van der Waals surface area contributed by atoms with Gasteiger partial charge in [0.2, 0.25) is 0 Å². The Morgan fingerprint density at radius 1 is 1.14 bits per heavy atom. The van der Waals surface area contributed by atoms with Crippen molar-refractivity contribution >= 4 is 27.7 Å². The number of hydrogen-bond acceptors (Lipinski definition) is 5. The summed E-state index contributed by atoms with van der Waals surface area (Å²) < 4.78 is 8.09. The predicted octanol–water partition coefficient (Wildman–Crippen LogP) is 5.50. The van der Waals surface area contributed by atoms with Crippen LogP contribution in [0, 0.1) is 0 Å². The molecule has 1 aliphatic carbocycles. The van der Waals surface area contributed by atoms with Gasteiger partial charge in [0.05, 0.1) is 30.8 Å². The largest absolute Gasteiger partial charge is 0.466 e. The number of Topliss-reactive ketones (excluding diaryl/α,β-unsaturated/α-hetero) is 1. The third-order valence-electron chi connectivity index (χ3n) is 6.59. The molecule has 7 heteroatoms. The van der Waals surface area contributed by atoms with Gasteiger partial charge in [0.25, 0.3) is 0 Å². The van der Waals surface area contributed by atoms with Crippen LogP contribution < -0.4 is 5.32 Å². The lowest BCUT2D eigenvalue weighted by Gasteiger charge is -2.33. The van der Waals surface area contributed by atoms with E-state index in [1.807, 2.05) is 72.4 Å². The predicted molar refractivity (Wildman–Crippen MR) is 137 cm³/mol. The Morgan fingerprint density at radius 2 is 1.89 bits per heavy atom. The van der Waals surface area contributed by atoms with E-state index in [1.165, 1.54) is 7.11 Å². The van der Waals surface area contributed by atoms with Crippen LogP contribution in [-0.2, 0) is 20.9 Å². The fourth-order valence-corrected chi connectivity index (χ4v) is 5.27. The van der Waals surface area contributed by atoms with Crippen molar-refractivity contribution in [3.63, 3.8) is 0 Å². The molecule has 5 rings (SSSR count). The zero-order valence-electron chi connectivity index (χ0n) is 19.7. The quantitative estimate of drug-likeness (QED) is 0.440. The topological polar surface area (TPSA) is 73.2 Å². The van der Waals surface area contributed by atoms with Crippen molar-refractivity contribution in [1.29, 1.82) is 0 Å². The second-order valence-electron chi connectivity index (χ2n) is 8.88. The lowest BCUT2D eigenvalue weighted by molar-refractivity contribution is -0.136. The molecule has 0 fully saturated rings. The summed E-state index contributed by atoms with van der Waals surface area (Å²) in [6.07, 6.45) is 4.02. The van der Waals surface area contributed by atoms with E-state index in [4.69, 9.17) is 9.84 Å². The maximum Gasteiger partial charge on any atom is 0.336 e. The number of halogens is 1. The van der Waals surface area contributed by atoms with E-state index in [0.29, 0.717) is 24.1 Å². The number of dihydropyridines is 1. The molecular formula is C28H26BrN3O3. The van der Waals surface area contributed by atoms with Crippen LogP contribution in [0.15, 0.2) is 87.8 Å². The highest BCUT2D eigenvalue weighted by Gasteiger charge is 2.41. The highest BCUT2D eigenvalue weighted by atomic mass is 79.9. The third kappa shape index (κ3) is 4.48. The van der Waals surface area contributed by atoms with Gasteiger partial charge < -0.3 is 10.1 Å². The van der Waals surface area contributed by atoms with Crippen molar-refractivity contribution in [2.24, 2.45) is 0 Å². The average Bonchev–Trinajstić information content (AvgIpc) is 3.28. The van der Waals surface area contributed by atoms with Gasteiger partial charge in [-0.25, -0.2) is 4.79 Å². The zero-order chi connectivity index (χ0) is 24.5. The number of ether oxygens (including phenoxy) is 1. The van der Waals surface area contributed by atoms with E-state index in [0.717, 1.165) is 51.1 Å². The molecule has 6 nitrogen and oxygen atoms in total. The first kappa shape index (κ1) is 23.3. The number of nitrogens with one attached hydrogen (secondary N) is 1. The van der Waals surface area contributed by atoms with Gasteiger partial charge in [0.1, 0.15) is 0 Å². The van der Waals surface area contributed by atoms with Crippen molar-refractivity contribution < 1.29 is 14.3 Å². The standard InChI is InChI=1S/C28H26BrN3O3/c1-17-24(28(34)35-2)25(26-22(30-17)9-6-10-23(26)33)21-16-32(15-18-11-13-20(29)14-12-18)31-27(21)19-7-4-3-5-8-19/h3-5,7-8,11-14,16,25,30H,6,9-10,15H2,1-2H3/t25-/m0/s1. The number of carbonyl (C=O) groups excluding carboxylic acids is 2. The van der Waals surface area contributed by atoms with Crippen LogP contribution in [0.25, 0.3) is 11.3 Å². The summed E-state index contributed by atoms with van der Waals surface area (Å²) in [6, 6.07) is 18.0. The van der Waals surface area contributed by atoms with Crippen LogP contribution in [0.5, 0.6) is 0 Å². The second kappa shape index (κ2) is 9.66. The van der Waals surface area contributed by atoms with Gasteiger partial charge in [-0.1, -0.05) is 58.4 Å². The molecule has 1 aliphatic heterocycles. The minimum absolute atomic E-state index is 0.0670. The van der Waals surface area contributed by atoms with Crippen LogP contribution in [0.3, 0.4) is 0 Å². The molecule has 0 unspecified atom stereocenters. The number of methoxy groups -OCH3 is 1. The van der Waals surface area contributed by atoms with Gasteiger partial charge in [-0.2, -0.15) is 5.10 Å². The fourth-order valence-electron chi connectivity index (χ4n) is 5.00. The number of carbonyl (C=O) groups is 2. The van der Waals surface area contributed by atoms with Gasteiger partial charge in [-0.05, 0) is 37.5 Å². The van der Waals surface area contributed by atoms with Crippen LogP contribution in [-0.4, -0.2) is 28.6 Å². The fraction of sp³-hybridized carbons (Fsp3) is 0.250. The average molecular weight is 532 g/mol. The second-order valence-corrected chi connectivity index (χ2v) is 9.80. The molecule has 1 aromatic heterocycles. The van der Waals surface area contributed by atoms with Crippen LogP contribution in [0.2, 0.25) is 0 Å². The van der Waals surface area contributed by atoms with E-state index < -0.39 is 11.9 Å². The van der Waals surface area contributed by atoms with Crippen molar-refractivity contribution in [3.8, 4) is 11.3 Å². The molecule has 2 heterocycles. The van der Waals surface area contributed by atoms with E-state index in [2.05, 4.69) is 21.2 Å². The number of ketones is 1. The molecule has 1 N–H and O–H groups in total. The first-order valence-corrected chi connectivity index (χ1v) is 12.4. The summed E-state index contributed by atoms with van der Waals surface area (Å²) in [5.74, 6) is -0.915. The molecule has 0 amide bonds. The molecule has 1 atom stereocenters. The van der Waals surface area contributed by atoms with Crippen molar-refractivity contribution in [1.82, 2.24) is 15.1 Å². The molecule has 0 saturated carbocycles. The molecular weight excluding hydrogens is 506 g/mol. The van der Waals surface area contributed by atoms with E-state index in [-0.39, 0.29) is 5.78 Å². The third-order valence-corrected chi connectivity index (χ3v) is 7.12. The molecule has 178 valence electrons. The maximum atomic E-state index is 13.2. The zero-order valence-corrected chi connectivity index (χ0v) is 21.3. The Labute approximate surface area is 212 Å². The highest BCUT2D eigenvalue weighted by Crippen LogP contribution is 2.45.